The first-order chi connectivity index (χ1) is 5.72. The molecule has 0 saturated carbocycles. The molecule has 3 heteroatoms. The summed E-state index contributed by atoms with van der Waals surface area (Å²) in [5.41, 5.74) is 0. The molecule has 1 aliphatic heterocycles. The van der Waals surface area contributed by atoms with Crippen LogP contribution in [0.25, 0.3) is 0 Å². The average Bonchev–Trinajstić information content (AvgIpc) is 2.34. The monoisotopic (exact) mass is 188 g/mol. The second kappa shape index (κ2) is 4.39. The Bertz CT molecular complexity index is 127. The van der Waals surface area contributed by atoms with Crippen molar-refractivity contribution in [2.45, 2.75) is 39.3 Å². The first-order valence-corrected chi connectivity index (χ1v) is 7.23. The molecule has 1 aliphatic rings. The van der Waals surface area contributed by atoms with Gasteiger partial charge in [-0.05, 0) is 38.3 Å². The summed E-state index contributed by atoms with van der Waals surface area (Å²) >= 11 is 0. The van der Waals surface area contributed by atoms with Gasteiger partial charge in [0, 0.05) is 13.2 Å². The van der Waals surface area contributed by atoms with Crippen LogP contribution in [-0.4, -0.2) is 21.8 Å². The van der Waals surface area contributed by atoms with Crippen LogP contribution < -0.4 is 0 Å². The second-order valence-electron chi connectivity index (χ2n) is 3.62. The Labute approximate surface area is 76.5 Å². The van der Waals surface area contributed by atoms with Gasteiger partial charge >= 0.3 is 8.56 Å². The normalized spacial score (nSPS) is 27.8. The molecule has 1 fully saturated rings. The molecule has 0 spiro atoms. The summed E-state index contributed by atoms with van der Waals surface area (Å²) in [7, 11) is -1.70. The fourth-order valence-electron chi connectivity index (χ4n) is 2.03. The fraction of sp³-hybridized carbons (Fsp3) is 1.00. The molecule has 1 heterocycles. The predicted octanol–water partition coefficient (Wildman–Crippen LogP) is 2.54. The standard InChI is InChI=1S/C9H20O2Si/c1-4-10-12(11-5-2)7-6-9(3)8-12/h9H,4-8H2,1-3H3. The third kappa shape index (κ3) is 2.31. The predicted molar refractivity (Wildman–Crippen MR) is 52.4 cm³/mol. The molecule has 1 saturated heterocycles. The third-order valence-corrected chi connectivity index (χ3v) is 6.49. The second-order valence-corrected chi connectivity index (χ2v) is 6.93. The summed E-state index contributed by atoms with van der Waals surface area (Å²) < 4.78 is 11.6. The lowest BCUT2D eigenvalue weighted by atomic mass is 10.2. The summed E-state index contributed by atoms with van der Waals surface area (Å²) in [5, 5.41) is 0. The number of rotatable bonds is 4. The van der Waals surface area contributed by atoms with Gasteiger partial charge in [-0.15, -0.1) is 0 Å². The Morgan fingerprint density at radius 1 is 1.25 bits per heavy atom. The molecule has 1 atom stereocenters. The van der Waals surface area contributed by atoms with Crippen LogP contribution in [0, 0.1) is 5.92 Å². The summed E-state index contributed by atoms with van der Waals surface area (Å²) in [6.07, 6.45) is 1.30. The van der Waals surface area contributed by atoms with Crippen LogP contribution in [0.5, 0.6) is 0 Å². The van der Waals surface area contributed by atoms with E-state index in [1.54, 1.807) is 0 Å². The van der Waals surface area contributed by atoms with E-state index in [4.69, 9.17) is 8.85 Å². The third-order valence-electron chi connectivity index (χ3n) is 2.49. The minimum Gasteiger partial charge on any atom is -0.394 e. The van der Waals surface area contributed by atoms with Gasteiger partial charge in [-0.1, -0.05) is 6.92 Å². The highest BCUT2D eigenvalue weighted by Crippen LogP contribution is 2.36. The quantitative estimate of drug-likeness (QED) is 0.631. The van der Waals surface area contributed by atoms with Gasteiger partial charge in [0.15, 0.2) is 0 Å². The molecule has 0 N–H and O–H groups in total. The van der Waals surface area contributed by atoms with E-state index in [0.29, 0.717) is 0 Å². The van der Waals surface area contributed by atoms with E-state index in [9.17, 15) is 0 Å². The maximum Gasteiger partial charge on any atom is 0.338 e. The van der Waals surface area contributed by atoms with E-state index in [-0.39, 0.29) is 0 Å². The fourth-order valence-corrected chi connectivity index (χ4v) is 6.09. The van der Waals surface area contributed by atoms with E-state index in [1.807, 2.05) is 0 Å². The van der Waals surface area contributed by atoms with E-state index < -0.39 is 8.56 Å². The van der Waals surface area contributed by atoms with Gasteiger partial charge in [-0.2, -0.15) is 0 Å². The molecular formula is C9H20O2Si. The van der Waals surface area contributed by atoms with Crippen molar-refractivity contribution >= 4 is 8.56 Å². The van der Waals surface area contributed by atoms with Crippen LogP contribution in [0.1, 0.15) is 27.2 Å². The average molecular weight is 188 g/mol. The summed E-state index contributed by atoms with van der Waals surface area (Å²) in [6, 6.07) is 2.41. The lowest BCUT2D eigenvalue weighted by molar-refractivity contribution is 0.187. The van der Waals surface area contributed by atoms with Crippen LogP contribution in [0.3, 0.4) is 0 Å². The van der Waals surface area contributed by atoms with Gasteiger partial charge in [0.1, 0.15) is 0 Å². The Morgan fingerprint density at radius 2 is 1.83 bits per heavy atom. The van der Waals surface area contributed by atoms with Crippen molar-refractivity contribution in [1.82, 2.24) is 0 Å². The topological polar surface area (TPSA) is 18.5 Å². The van der Waals surface area contributed by atoms with Gasteiger partial charge in [-0.3, -0.25) is 0 Å². The molecule has 0 aromatic carbocycles. The molecule has 0 bridgehead atoms. The minimum atomic E-state index is -1.70. The summed E-state index contributed by atoms with van der Waals surface area (Å²) in [6.45, 7) is 8.07. The highest BCUT2D eigenvalue weighted by atomic mass is 28.4. The van der Waals surface area contributed by atoms with Crippen molar-refractivity contribution in [3.05, 3.63) is 0 Å². The van der Waals surface area contributed by atoms with Gasteiger partial charge in [0.05, 0.1) is 0 Å². The first-order valence-electron chi connectivity index (χ1n) is 5.00. The lowest BCUT2D eigenvalue weighted by Crippen LogP contribution is -2.39. The van der Waals surface area contributed by atoms with Crippen LogP contribution in [0.2, 0.25) is 12.1 Å². The molecular weight excluding hydrogens is 168 g/mol. The van der Waals surface area contributed by atoms with Crippen LogP contribution in [0.4, 0.5) is 0 Å². The number of hydrogen-bond acceptors (Lipinski definition) is 2. The molecule has 0 radical (unpaired) electrons. The van der Waals surface area contributed by atoms with E-state index in [1.165, 1.54) is 18.5 Å². The zero-order chi connectivity index (χ0) is 9.03. The molecule has 1 unspecified atom stereocenters. The van der Waals surface area contributed by atoms with Crippen molar-refractivity contribution in [1.29, 1.82) is 0 Å². The van der Waals surface area contributed by atoms with E-state index in [2.05, 4.69) is 20.8 Å². The van der Waals surface area contributed by atoms with Crippen molar-refractivity contribution < 1.29 is 8.85 Å². The van der Waals surface area contributed by atoms with Crippen LogP contribution >= 0.6 is 0 Å². The molecule has 0 amide bonds. The maximum absolute atomic E-state index is 5.82. The highest BCUT2D eigenvalue weighted by Gasteiger charge is 2.43. The molecule has 0 aromatic rings. The Balaban J connectivity index is 2.48. The van der Waals surface area contributed by atoms with Crippen molar-refractivity contribution in [3.8, 4) is 0 Å². The lowest BCUT2D eigenvalue weighted by Gasteiger charge is -2.25. The minimum absolute atomic E-state index is 0.815. The zero-order valence-corrected chi connectivity index (χ0v) is 9.43. The molecule has 72 valence electrons. The van der Waals surface area contributed by atoms with E-state index in [0.717, 1.165) is 19.1 Å². The Hall–Kier alpha value is 0.137. The molecule has 2 nitrogen and oxygen atoms in total. The molecule has 0 aliphatic carbocycles. The maximum atomic E-state index is 5.82. The molecule has 0 aromatic heterocycles. The van der Waals surface area contributed by atoms with Crippen molar-refractivity contribution in [3.63, 3.8) is 0 Å². The summed E-state index contributed by atoms with van der Waals surface area (Å²) in [4.78, 5) is 0. The zero-order valence-electron chi connectivity index (χ0n) is 8.43. The van der Waals surface area contributed by atoms with Crippen molar-refractivity contribution in [2.24, 2.45) is 5.92 Å². The molecule has 12 heavy (non-hydrogen) atoms. The first kappa shape index (κ1) is 10.2. The van der Waals surface area contributed by atoms with Gasteiger partial charge < -0.3 is 8.85 Å². The Morgan fingerprint density at radius 3 is 2.17 bits per heavy atom. The van der Waals surface area contributed by atoms with Crippen molar-refractivity contribution in [2.75, 3.05) is 13.2 Å². The SMILES string of the molecule is CCO[Si]1(OCC)CCC(C)C1. The van der Waals surface area contributed by atoms with Gasteiger partial charge in [0.2, 0.25) is 0 Å². The largest absolute Gasteiger partial charge is 0.394 e. The van der Waals surface area contributed by atoms with Crippen LogP contribution in [-0.2, 0) is 8.85 Å². The Kier molecular flexibility index (Phi) is 3.74. The highest BCUT2D eigenvalue weighted by molar-refractivity contribution is 6.68. The summed E-state index contributed by atoms with van der Waals surface area (Å²) in [5.74, 6) is 0.815. The van der Waals surface area contributed by atoms with Gasteiger partial charge in [0.25, 0.3) is 0 Å². The van der Waals surface area contributed by atoms with E-state index >= 15 is 0 Å². The number of hydrogen-bond donors (Lipinski definition) is 0. The smallest absolute Gasteiger partial charge is 0.338 e. The molecule has 1 rings (SSSR count). The van der Waals surface area contributed by atoms with Gasteiger partial charge in [-0.25, -0.2) is 0 Å². The van der Waals surface area contributed by atoms with Crippen LogP contribution in [0.15, 0.2) is 0 Å².